The molecule has 0 aliphatic heterocycles. The molecule has 3 aromatic rings. The van der Waals surface area contributed by atoms with Crippen molar-refractivity contribution in [3.63, 3.8) is 0 Å². The van der Waals surface area contributed by atoms with Crippen LogP contribution in [0, 0.1) is 11.2 Å². The lowest BCUT2D eigenvalue weighted by Crippen LogP contribution is -2.47. The molecule has 3 amide bonds. The number of carbonyl (C=O) groups is 4. The number of fused-ring (bicyclic) bond motifs is 1. The second kappa shape index (κ2) is 10.8. The lowest BCUT2D eigenvalue weighted by atomic mass is 9.75. The Morgan fingerprint density at radius 3 is 2.55 bits per heavy atom. The van der Waals surface area contributed by atoms with Gasteiger partial charge in [-0.3, -0.25) is 19.2 Å². The standard InChI is InChI=1S/C26H27FN6O5/c1-26(25(37)38-2)10-7-16(8-11-26)21(22(28)34)32-24(36)19-13-18(31-20-9-12-30-33(19)20)23(35)29-14-15-3-5-17(27)6-4-15/h3-7,9,12-13,21H,8,10-11,14H2,1-2H3,(H2,28,34)(H,29,35)(H,32,36). The van der Waals surface area contributed by atoms with Crippen LogP contribution in [0.4, 0.5) is 4.39 Å². The summed E-state index contributed by atoms with van der Waals surface area (Å²) in [5, 5.41) is 9.41. The van der Waals surface area contributed by atoms with Crippen molar-refractivity contribution in [3.05, 3.63) is 77.0 Å². The predicted molar refractivity (Wildman–Crippen MR) is 133 cm³/mol. The van der Waals surface area contributed by atoms with Gasteiger partial charge >= 0.3 is 5.97 Å². The molecule has 2 heterocycles. The number of hydrogen-bond donors (Lipinski definition) is 3. The highest BCUT2D eigenvalue weighted by molar-refractivity contribution is 6.00. The van der Waals surface area contributed by atoms with E-state index in [0.29, 0.717) is 30.4 Å². The molecule has 2 unspecified atom stereocenters. The summed E-state index contributed by atoms with van der Waals surface area (Å²) in [6.45, 7) is 1.90. The highest BCUT2D eigenvalue weighted by Gasteiger charge is 2.38. The summed E-state index contributed by atoms with van der Waals surface area (Å²) in [7, 11) is 1.32. The minimum Gasteiger partial charge on any atom is -0.469 e. The Bertz CT molecular complexity index is 1430. The first-order valence-corrected chi connectivity index (χ1v) is 11.9. The van der Waals surface area contributed by atoms with Gasteiger partial charge in [0.25, 0.3) is 11.8 Å². The van der Waals surface area contributed by atoms with Crippen LogP contribution in [0.2, 0.25) is 0 Å². The smallest absolute Gasteiger partial charge is 0.311 e. The zero-order valence-corrected chi connectivity index (χ0v) is 20.9. The molecule has 1 aromatic carbocycles. The molecule has 0 saturated heterocycles. The molecule has 12 heteroatoms. The average Bonchev–Trinajstić information content (AvgIpc) is 3.39. The van der Waals surface area contributed by atoms with E-state index >= 15 is 0 Å². The maximum absolute atomic E-state index is 13.3. The van der Waals surface area contributed by atoms with E-state index in [0.717, 1.165) is 0 Å². The molecule has 1 aliphatic carbocycles. The van der Waals surface area contributed by atoms with Crippen molar-refractivity contribution in [2.75, 3.05) is 7.11 Å². The molecule has 4 rings (SSSR count). The van der Waals surface area contributed by atoms with Gasteiger partial charge in [-0.2, -0.15) is 5.10 Å². The van der Waals surface area contributed by atoms with Crippen LogP contribution in [-0.2, 0) is 20.9 Å². The van der Waals surface area contributed by atoms with Gasteiger partial charge in [0.05, 0.1) is 18.7 Å². The van der Waals surface area contributed by atoms with Gasteiger partial charge in [0.2, 0.25) is 5.91 Å². The molecule has 0 fully saturated rings. The van der Waals surface area contributed by atoms with Gasteiger partial charge in [-0.1, -0.05) is 18.2 Å². The lowest BCUT2D eigenvalue weighted by Gasteiger charge is -2.32. The number of allylic oxidation sites excluding steroid dienone is 1. The van der Waals surface area contributed by atoms with Crippen molar-refractivity contribution in [1.82, 2.24) is 25.2 Å². The van der Waals surface area contributed by atoms with Gasteiger partial charge in [0.15, 0.2) is 5.65 Å². The molecule has 11 nitrogen and oxygen atoms in total. The molecule has 2 aromatic heterocycles. The maximum Gasteiger partial charge on any atom is 0.311 e. The number of halogens is 1. The first kappa shape index (κ1) is 26.5. The second-order valence-electron chi connectivity index (χ2n) is 9.28. The van der Waals surface area contributed by atoms with E-state index in [1.807, 2.05) is 0 Å². The Balaban J connectivity index is 1.54. The van der Waals surface area contributed by atoms with Gasteiger partial charge in [-0.15, -0.1) is 0 Å². The van der Waals surface area contributed by atoms with Crippen molar-refractivity contribution in [2.24, 2.45) is 11.1 Å². The monoisotopic (exact) mass is 522 g/mol. The number of rotatable bonds is 8. The molecule has 2 atom stereocenters. The zero-order valence-electron chi connectivity index (χ0n) is 20.9. The largest absolute Gasteiger partial charge is 0.469 e. The second-order valence-corrected chi connectivity index (χ2v) is 9.28. The van der Waals surface area contributed by atoms with Gasteiger partial charge in [0.1, 0.15) is 23.2 Å². The van der Waals surface area contributed by atoms with Crippen LogP contribution in [0.15, 0.2) is 54.2 Å². The van der Waals surface area contributed by atoms with E-state index < -0.39 is 29.2 Å². The quantitative estimate of drug-likeness (QED) is 0.300. The van der Waals surface area contributed by atoms with E-state index in [2.05, 4.69) is 20.7 Å². The highest BCUT2D eigenvalue weighted by atomic mass is 19.1. The fraction of sp³-hybridized carbons (Fsp3) is 0.308. The molecule has 38 heavy (non-hydrogen) atoms. The van der Waals surface area contributed by atoms with Crippen LogP contribution < -0.4 is 16.4 Å². The number of ether oxygens (including phenoxy) is 1. The third-order valence-electron chi connectivity index (χ3n) is 6.58. The van der Waals surface area contributed by atoms with Crippen molar-refractivity contribution >= 4 is 29.3 Å². The number of benzene rings is 1. The summed E-state index contributed by atoms with van der Waals surface area (Å²) in [5.74, 6) is -2.76. The molecule has 1 aliphatic rings. The van der Waals surface area contributed by atoms with Crippen molar-refractivity contribution < 1.29 is 28.3 Å². The Hall–Kier alpha value is -4.61. The van der Waals surface area contributed by atoms with E-state index in [9.17, 15) is 23.6 Å². The number of hydrogen-bond acceptors (Lipinski definition) is 7. The fourth-order valence-corrected chi connectivity index (χ4v) is 4.29. The van der Waals surface area contributed by atoms with Gasteiger partial charge in [-0.05, 0) is 49.5 Å². The Kier molecular flexibility index (Phi) is 7.51. The first-order chi connectivity index (χ1) is 18.1. The van der Waals surface area contributed by atoms with E-state index in [1.165, 1.54) is 42.1 Å². The highest BCUT2D eigenvalue weighted by Crippen LogP contribution is 2.37. The molecule has 4 N–H and O–H groups in total. The number of amides is 3. The summed E-state index contributed by atoms with van der Waals surface area (Å²) in [5.41, 5.74) is 6.30. The molecule has 198 valence electrons. The Morgan fingerprint density at radius 1 is 1.18 bits per heavy atom. The molecule has 0 saturated carbocycles. The predicted octanol–water partition coefficient (Wildman–Crippen LogP) is 1.67. The SMILES string of the molecule is COC(=O)C1(C)CC=C(C(NC(=O)c2cc(C(=O)NCc3ccc(F)cc3)nc3ccnn23)C(N)=O)CC1. The zero-order chi connectivity index (χ0) is 27.4. The summed E-state index contributed by atoms with van der Waals surface area (Å²) >= 11 is 0. The molecule has 0 bridgehead atoms. The molecular weight excluding hydrogens is 495 g/mol. The van der Waals surface area contributed by atoms with Crippen LogP contribution in [0.3, 0.4) is 0 Å². The third-order valence-corrected chi connectivity index (χ3v) is 6.58. The van der Waals surface area contributed by atoms with Crippen LogP contribution in [0.5, 0.6) is 0 Å². The fourth-order valence-electron chi connectivity index (χ4n) is 4.29. The normalized spacial score (nSPS) is 17.8. The van der Waals surface area contributed by atoms with Crippen LogP contribution in [-0.4, -0.2) is 51.4 Å². The van der Waals surface area contributed by atoms with Gasteiger partial charge < -0.3 is 21.1 Å². The topological polar surface area (TPSA) is 158 Å². The van der Waals surface area contributed by atoms with Crippen LogP contribution in [0.1, 0.15) is 52.7 Å². The number of carbonyl (C=O) groups excluding carboxylic acids is 4. The maximum atomic E-state index is 13.3. The molecule has 0 spiro atoms. The minimum absolute atomic E-state index is 0.0333. The van der Waals surface area contributed by atoms with E-state index in [-0.39, 0.29) is 35.4 Å². The van der Waals surface area contributed by atoms with E-state index in [1.54, 1.807) is 25.1 Å². The lowest BCUT2D eigenvalue weighted by molar-refractivity contribution is -0.152. The van der Waals surface area contributed by atoms with Crippen LogP contribution >= 0.6 is 0 Å². The van der Waals surface area contributed by atoms with Crippen molar-refractivity contribution in [3.8, 4) is 0 Å². The van der Waals surface area contributed by atoms with E-state index in [4.69, 9.17) is 10.5 Å². The summed E-state index contributed by atoms with van der Waals surface area (Å²) < 4.78 is 19.3. The number of methoxy groups -OCH3 is 1. The number of nitrogens with one attached hydrogen (secondary N) is 2. The van der Waals surface area contributed by atoms with Gasteiger partial charge in [-0.25, -0.2) is 13.9 Å². The molecule has 0 radical (unpaired) electrons. The van der Waals surface area contributed by atoms with Crippen molar-refractivity contribution in [2.45, 2.75) is 38.8 Å². The summed E-state index contributed by atoms with van der Waals surface area (Å²) in [6, 6.07) is 7.31. The van der Waals surface area contributed by atoms with Crippen molar-refractivity contribution in [1.29, 1.82) is 0 Å². The molecular formula is C26H27FN6O5. The number of nitrogens with two attached hydrogens (primary N) is 1. The number of nitrogens with zero attached hydrogens (tertiary/aromatic N) is 3. The minimum atomic E-state index is -1.13. The number of aromatic nitrogens is 3. The van der Waals surface area contributed by atoms with Crippen LogP contribution in [0.25, 0.3) is 5.65 Å². The average molecular weight is 523 g/mol. The van der Waals surface area contributed by atoms with Gasteiger partial charge in [0, 0.05) is 18.7 Å². The number of esters is 1. The Morgan fingerprint density at radius 2 is 1.92 bits per heavy atom. The summed E-state index contributed by atoms with van der Waals surface area (Å²) in [6.07, 6.45) is 4.24. The first-order valence-electron chi connectivity index (χ1n) is 11.9. The number of primary amides is 1. The third kappa shape index (κ3) is 5.53. The Labute approximate surface area is 217 Å². The summed E-state index contributed by atoms with van der Waals surface area (Å²) in [4.78, 5) is 54.8.